The van der Waals surface area contributed by atoms with Gasteiger partial charge in [0.2, 0.25) is 0 Å². The van der Waals surface area contributed by atoms with Crippen LogP contribution in [0.25, 0.3) is 0 Å². The van der Waals surface area contributed by atoms with Gasteiger partial charge in [-0.25, -0.2) is 4.39 Å². The second-order valence-corrected chi connectivity index (χ2v) is 4.27. The predicted molar refractivity (Wildman–Crippen MR) is 68.1 cm³/mol. The number of aliphatic hydroxyl groups is 1. The van der Waals surface area contributed by atoms with Gasteiger partial charge in [-0.1, -0.05) is 29.8 Å². The lowest BCUT2D eigenvalue weighted by Crippen LogP contribution is -1.98. The summed E-state index contributed by atoms with van der Waals surface area (Å²) in [5.41, 5.74) is 1.19. The summed E-state index contributed by atoms with van der Waals surface area (Å²) in [6, 6.07) is 11.5. The SMILES string of the molecule is OCc1cccc(OCc2ccc(Cl)cc2F)c1. The van der Waals surface area contributed by atoms with Crippen LogP contribution in [0.15, 0.2) is 42.5 Å². The van der Waals surface area contributed by atoms with Crippen molar-refractivity contribution in [3.63, 3.8) is 0 Å². The Morgan fingerprint density at radius 3 is 2.72 bits per heavy atom. The minimum atomic E-state index is -0.388. The minimum absolute atomic E-state index is 0.0491. The van der Waals surface area contributed by atoms with Gasteiger partial charge in [-0.05, 0) is 29.8 Å². The molecule has 0 unspecified atom stereocenters. The fourth-order valence-corrected chi connectivity index (χ4v) is 1.69. The summed E-state index contributed by atoms with van der Waals surface area (Å²) in [5, 5.41) is 9.35. The van der Waals surface area contributed by atoms with Gasteiger partial charge in [-0.15, -0.1) is 0 Å². The van der Waals surface area contributed by atoms with Crippen molar-refractivity contribution in [3.8, 4) is 5.75 Å². The van der Waals surface area contributed by atoms with Gasteiger partial charge in [0.1, 0.15) is 18.2 Å². The normalized spacial score (nSPS) is 10.4. The van der Waals surface area contributed by atoms with Crippen LogP contribution in [0.1, 0.15) is 11.1 Å². The van der Waals surface area contributed by atoms with Crippen molar-refractivity contribution in [3.05, 3.63) is 64.4 Å². The lowest BCUT2D eigenvalue weighted by molar-refractivity contribution is 0.277. The van der Waals surface area contributed by atoms with Crippen LogP contribution in [0.4, 0.5) is 4.39 Å². The zero-order valence-corrected chi connectivity index (χ0v) is 10.3. The number of rotatable bonds is 4. The van der Waals surface area contributed by atoms with Crippen molar-refractivity contribution in [2.45, 2.75) is 13.2 Å². The Morgan fingerprint density at radius 1 is 1.17 bits per heavy atom. The molecular formula is C14H12ClFO2. The molecule has 0 amide bonds. The number of halogens is 2. The summed E-state index contributed by atoms with van der Waals surface area (Å²) in [4.78, 5) is 0. The van der Waals surface area contributed by atoms with Gasteiger partial charge in [0.25, 0.3) is 0 Å². The van der Waals surface area contributed by atoms with Crippen molar-refractivity contribution < 1.29 is 14.2 Å². The zero-order valence-electron chi connectivity index (χ0n) is 9.57. The summed E-state index contributed by atoms with van der Waals surface area (Å²) in [5.74, 6) is 0.205. The molecule has 94 valence electrons. The first-order valence-corrected chi connectivity index (χ1v) is 5.83. The second-order valence-electron chi connectivity index (χ2n) is 3.83. The van der Waals surface area contributed by atoms with Crippen LogP contribution in [-0.4, -0.2) is 5.11 Å². The smallest absolute Gasteiger partial charge is 0.131 e. The molecule has 0 saturated carbocycles. The Labute approximate surface area is 110 Å². The molecule has 0 aliphatic carbocycles. The molecule has 0 bridgehead atoms. The van der Waals surface area contributed by atoms with Crippen LogP contribution >= 0.6 is 11.6 Å². The summed E-state index contributed by atoms with van der Waals surface area (Å²) in [6.45, 7) is 0.0738. The summed E-state index contributed by atoms with van der Waals surface area (Å²) in [7, 11) is 0. The molecule has 0 spiro atoms. The fourth-order valence-electron chi connectivity index (χ4n) is 1.53. The molecule has 1 N–H and O–H groups in total. The molecule has 0 aliphatic heterocycles. The van der Waals surface area contributed by atoms with Gasteiger partial charge in [0.15, 0.2) is 0 Å². The Kier molecular flexibility index (Phi) is 4.18. The molecule has 0 saturated heterocycles. The van der Waals surface area contributed by atoms with E-state index >= 15 is 0 Å². The van der Waals surface area contributed by atoms with Gasteiger partial charge >= 0.3 is 0 Å². The van der Waals surface area contributed by atoms with E-state index in [9.17, 15) is 4.39 Å². The molecule has 18 heavy (non-hydrogen) atoms. The molecule has 2 rings (SSSR count). The standard InChI is InChI=1S/C14H12ClFO2/c15-12-5-4-11(14(16)7-12)9-18-13-3-1-2-10(6-13)8-17/h1-7,17H,8-9H2. The lowest BCUT2D eigenvalue weighted by atomic mass is 10.2. The van der Waals surface area contributed by atoms with E-state index in [4.69, 9.17) is 21.4 Å². The Bertz CT molecular complexity index is 543. The van der Waals surface area contributed by atoms with Crippen LogP contribution < -0.4 is 4.74 Å². The van der Waals surface area contributed by atoms with E-state index in [1.807, 2.05) is 0 Å². The van der Waals surface area contributed by atoms with Crippen molar-refractivity contribution in [2.75, 3.05) is 0 Å². The van der Waals surface area contributed by atoms with Crippen molar-refractivity contribution in [2.24, 2.45) is 0 Å². The number of ether oxygens (including phenoxy) is 1. The first kappa shape index (κ1) is 12.9. The van der Waals surface area contributed by atoms with Gasteiger partial charge in [0.05, 0.1) is 6.61 Å². The first-order chi connectivity index (χ1) is 8.69. The number of benzene rings is 2. The van der Waals surface area contributed by atoms with Crippen molar-refractivity contribution in [1.82, 2.24) is 0 Å². The van der Waals surface area contributed by atoms with E-state index in [0.717, 1.165) is 5.56 Å². The van der Waals surface area contributed by atoms with E-state index < -0.39 is 0 Å². The lowest BCUT2D eigenvalue weighted by Gasteiger charge is -2.08. The van der Waals surface area contributed by atoms with Crippen LogP contribution in [-0.2, 0) is 13.2 Å². The predicted octanol–water partition coefficient (Wildman–Crippen LogP) is 3.55. The molecule has 0 aromatic heterocycles. The molecule has 0 fully saturated rings. The van der Waals surface area contributed by atoms with E-state index in [1.54, 1.807) is 36.4 Å². The topological polar surface area (TPSA) is 29.5 Å². The quantitative estimate of drug-likeness (QED) is 0.917. The fraction of sp³-hybridized carbons (Fsp3) is 0.143. The number of aliphatic hydroxyl groups excluding tert-OH is 1. The Balaban J connectivity index is 2.06. The third-order valence-electron chi connectivity index (χ3n) is 2.49. The average Bonchev–Trinajstić information content (AvgIpc) is 2.38. The third kappa shape index (κ3) is 3.22. The molecular weight excluding hydrogens is 255 g/mol. The van der Waals surface area contributed by atoms with E-state index in [0.29, 0.717) is 16.3 Å². The molecule has 0 radical (unpaired) electrons. The van der Waals surface area contributed by atoms with E-state index in [-0.39, 0.29) is 19.0 Å². The largest absolute Gasteiger partial charge is 0.489 e. The maximum absolute atomic E-state index is 13.5. The first-order valence-electron chi connectivity index (χ1n) is 5.45. The molecule has 2 aromatic carbocycles. The number of hydrogen-bond acceptors (Lipinski definition) is 2. The maximum atomic E-state index is 13.5. The highest BCUT2D eigenvalue weighted by molar-refractivity contribution is 6.30. The maximum Gasteiger partial charge on any atom is 0.131 e. The summed E-state index contributed by atoms with van der Waals surface area (Å²) < 4.78 is 19.0. The zero-order chi connectivity index (χ0) is 13.0. The van der Waals surface area contributed by atoms with E-state index in [1.165, 1.54) is 6.07 Å². The van der Waals surface area contributed by atoms with Gasteiger partial charge in [0, 0.05) is 10.6 Å². The monoisotopic (exact) mass is 266 g/mol. The van der Waals surface area contributed by atoms with Crippen LogP contribution in [0.2, 0.25) is 5.02 Å². The highest BCUT2D eigenvalue weighted by Crippen LogP contribution is 2.18. The van der Waals surface area contributed by atoms with E-state index in [2.05, 4.69) is 0 Å². The van der Waals surface area contributed by atoms with Gasteiger partial charge < -0.3 is 9.84 Å². The molecule has 0 atom stereocenters. The molecule has 4 heteroatoms. The van der Waals surface area contributed by atoms with Crippen LogP contribution in [0.3, 0.4) is 0 Å². The molecule has 2 aromatic rings. The highest BCUT2D eigenvalue weighted by Gasteiger charge is 2.04. The minimum Gasteiger partial charge on any atom is -0.489 e. The third-order valence-corrected chi connectivity index (χ3v) is 2.73. The average molecular weight is 267 g/mol. The van der Waals surface area contributed by atoms with Crippen LogP contribution in [0.5, 0.6) is 5.75 Å². The number of hydrogen-bond donors (Lipinski definition) is 1. The Hall–Kier alpha value is -1.58. The van der Waals surface area contributed by atoms with Crippen molar-refractivity contribution >= 4 is 11.6 Å². The summed E-state index contributed by atoms with van der Waals surface area (Å²) in [6.07, 6.45) is 0. The summed E-state index contributed by atoms with van der Waals surface area (Å²) >= 11 is 5.67. The van der Waals surface area contributed by atoms with Gasteiger partial charge in [-0.3, -0.25) is 0 Å². The Morgan fingerprint density at radius 2 is 2.00 bits per heavy atom. The van der Waals surface area contributed by atoms with Gasteiger partial charge in [-0.2, -0.15) is 0 Å². The van der Waals surface area contributed by atoms with Crippen LogP contribution in [0, 0.1) is 5.82 Å². The highest BCUT2D eigenvalue weighted by atomic mass is 35.5. The molecule has 0 aliphatic rings. The van der Waals surface area contributed by atoms with Crippen molar-refractivity contribution in [1.29, 1.82) is 0 Å². The molecule has 2 nitrogen and oxygen atoms in total. The molecule has 0 heterocycles. The second kappa shape index (κ2) is 5.85.